The normalized spacial score (nSPS) is 13.8. The van der Waals surface area contributed by atoms with E-state index < -0.39 is 23.8 Å². The van der Waals surface area contributed by atoms with E-state index in [4.69, 9.17) is 9.47 Å². The second-order valence-corrected chi connectivity index (χ2v) is 11.5. The SMILES string of the molecule is CN(C)c1ccc(N=Nc2ccc(C(=O)CC(=O)c3ccc4c(c3)C(=O)OC43c4ccc(O)cc4Oc4cc(O)ccc43)cc2)cc1. The zero-order valence-corrected chi connectivity index (χ0v) is 25.3. The molecule has 2 heterocycles. The van der Waals surface area contributed by atoms with Crippen molar-refractivity contribution < 1.29 is 34.1 Å². The Morgan fingerprint density at radius 2 is 1.19 bits per heavy atom. The Balaban J connectivity index is 1.12. The van der Waals surface area contributed by atoms with E-state index >= 15 is 0 Å². The Morgan fingerprint density at radius 3 is 1.77 bits per heavy atom. The highest BCUT2D eigenvalue weighted by molar-refractivity contribution is 6.14. The molecule has 2 N–H and O–H groups in total. The minimum atomic E-state index is -1.44. The number of esters is 1. The number of nitrogens with zero attached hydrogens (tertiary/aromatic N) is 3. The summed E-state index contributed by atoms with van der Waals surface area (Å²) >= 11 is 0. The van der Waals surface area contributed by atoms with Crippen molar-refractivity contribution >= 4 is 34.6 Å². The molecule has 10 nitrogen and oxygen atoms in total. The summed E-state index contributed by atoms with van der Waals surface area (Å²) < 4.78 is 12.0. The number of aromatic hydroxyl groups is 2. The molecule has 0 fully saturated rings. The number of fused-ring (bicyclic) bond motifs is 6. The minimum absolute atomic E-state index is 0.0531. The number of azo groups is 1. The number of Topliss-reactive ketones (excluding diaryl/α,β-unsaturated/α-hetero) is 2. The van der Waals surface area contributed by atoms with Crippen LogP contribution in [-0.4, -0.2) is 41.8 Å². The summed E-state index contributed by atoms with van der Waals surface area (Å²) in [6.45, 7) is 0. The molecule has 2 aliphatic heterocycles. The molecule has 0 aromatic heterocycles. The maximum atomic E-state index is 13.4. The summed E-state index contributed by atoms with van der Waals surface area (Å²) in [4.78, 5) is 41.7. The lowest BCUT2D eigenvalue weighted by Crippen LogP contribution is -2.32. The second-order valence-electron chi connectivity index (χ2n) is 11.5. The Morgan fingerprint density at radius 1 is 0.681 bits per heavy atom. The summed E-state index contributed by atoms with van der Waals surface area (Å²) in [5.41, 5.74) is 2.94. The lowest BCUT2D eigenvalue weighted by atomic mass is 9.77. The van der Waals surface area contributed by atoms with E-state index in [0.717, 1.165) is 5.69 Å². The molecule has 0 saturated heterocycles. The molecule has 47 heavy (non-hydrogen) atoms. The molecule has 10 heteroatoms. The predicted octanol–water partition coefficient (Wildman–Crippen LogP) is 7.60. The molecule has 0 atom stereocenters. The number of hydrogen-bond acceptors (Lipinski definition) is 10. The van der Waals surface area contributed by atoms with Gasteiger partial charge in [-0.05, 0) is 78.9 Å². The van der Waals surface area contributed by atoms with Crippen molar-refractivity contribution in [2.24, 2.45) is 10.2 Å². The summed E-state index contributed by atoms with van der Waals surface area (Å²) in [5, 5.41) is 28.7. The van der Waals surface area contributed by atoms with Gasteiger partial charge in [0.25, 0.3) is 0 Å². The number of rotatable bonds is 7. The van der Waals surface area contributed by atoms with E-state index in [-0.39, 0.29) is 39.9 Å². The van der Waals surface area contributed by atoms with Crippen LogP contribution in [0.15, 0.2) is 113 Å². The van der Waals surface area contributed by atoms with Crippen molar-refractivity contribution in [3.63, 3.8) is 0 Å². The number of ketones is 2. The predicted molar refractivity (Wildman–Crippen MR) is 173 cm³/mol. The third kappa shape index (κ3) is 5.15. The molecule has 0 aliphatic carbocycles. The number of carbonyl (C=O) groups is 3. The number of hydrogen-bond donors (Lipinski definition) is 2. The first-order chi connectivity index (χ1) is 22.6. The van der Waals surface area contributed by atoms with Crippen molar-refractivity contribution in [1.82, 2.24) is 0 Å². The number of benzene rings is 5. The molecule has 7 rings (SSSR count). The van der Waals surface area contributed by atoms with Crippen LogP contribution < -0.4 is 9.64 Å². The van der Waals surface area contributed by atoms with Crippen molar-refractivity contribution in [1.29, 1.82) is 0 Å². The summed E-state index contributed by atoms with van der Waals surface area (Å²) in [6.07, 6.45) is -0.407. The van der Waals surface area contributed by atoms with Crippen LogP contribution in [0.3, 0.4) is 0 Å². The van der Waals surface area contributed by atoms with Crippen LogP contribution in [0.4, 0.5) is 17.1 Å². The van der Waals surface area contributed by atoms with Gasteiger partial charge in [-0.25, -0.2) is 4.79 Å². The maximum absolute atomic E-state index is 13.4. The third-order valence-corrected chi connectivity index (χ3v) is 8.25. The van der Waals surface area contributed by atoms with E-state index in [1.165, 1.54) is 30.3 Å². The molecular formula is C37H27N3O7. The van der Waals surface area contributed by atoms with Gasteiger partial charge in [0.2, 0.25) is 0 Å². The van der Waals surface area contributed by atoms with Gasteiger partial charge in [-0.3, -0.25) is 9.59 Å². The molecule has 232 valence electrons. The van der Waals surface area contributed by atoms with E-state index in [2.05, 4.69) is 10.2 Å². The number of ether oxygens (including phenoxy) is 2. The van der Waals surface area contributed by atoms with Gasteiger partial charge in [0.15, 0.2) is 17.2 Å². The van der Waals surface area contributed by atoms with E-state index in [0.29, 0.717) is 33.6 Å². The summed E-state index contributed by atoms with van der Waals surface area (Å²) in [5.74, 6) is -1.12. The fourth-order valence-corrected chi connectivity index (χ4v) is 5.88. The first kappa shape index (κ1) is 29.4. The number of phenolic OH excluding ortho intramolecular Hbond substituents is 2. The van der Waals surface area contributed by atoms with Gasteiger partial charge >= 0.3 is 5.97 Å². The fourth-order valence-electron chi connectivity index (χ4n) is 5.88. The van der Waals surface area contributed by atoms with Crippen LogP contribution >= 0.6 is 0 Å². The topological polar surface area (TPSA) is 138 Å². The third-order valence-electron chi connectivity index (χ3n) is 8.25. The van der Waals surface area contributed by atoms with Crippen LogP contribution in [0.5, 0.6) is 23.0 Å². The highest BCUT2D eigenvalue weighted by Crippen LogP contribution is 2.57. The van der Waals surface area contributed by atoms with Crippen molar-refractivity contribution in [2.75, 3.05) is 19.0 Å². The smallest absolute Gasteiger partial charge is 0.340 e. The quantitative estimate of drug-likeness (QED) is 0.0816. The average Bonchev–Trinajstić information content (AvgIpc) is 3.35. The molecule has 0 radical (unpaired) electrons. The molecule has 1 spiro atoms. The van der Waals surface area contributed by atoms with Gasteiger partial charge in [0.1, 0.15) is 23.0 Å². The molecular weight excluding hydrogens is 598 g/mol. The van der Waals surface area contributed by atoms with Gasteiger partial charge in [0.05, 0.1) is 23.4 Å². The largest absolute Gasteiger partial charge is 0.508 e. The van der Waals surface area contributed by atoms with Crippen LogP contribution in [-0.2, 0) is 10.3 Å². The van der Waals surface area contributed by atoms with Gasteiger partial charge < -0.3 is 24.6 Å². The van der Waals surface area contributed by atoms with Gasteiger partial charge in [-0.2, -0.15) is 10.2 Å². The Bertz CT molecular complexity index is 2070. The lowest BCUT2D eigenvalue weighted by molar-refractivity contribution is 0.0224. The maximum Gasteiger partial charge on any atom is 0.340 e. The Labute approximate surface area is 269 Å². The van der Waals surface area contributed by atoms with E-state index in [1.807, 2.05) is 43.3 Å². The molecule has 5 aromatic rings. The Hall–Kier alpha value is -6.29. The zero-order chi connectivity index (χ0) is 32.9. The molecule has 5 aromatic carbocycles. The minimum Gasteiger partial charge on any atom is -0.508 e. The van der Waals surface area contributed by atoms with Crippen molar-refractivity contribution in [2.45, 2.75) is 12.0 Å². The number of anilines is 1. The first-order valence-corrected chi connectivity index (χ1v) is 14.7. The van der Waals surface area contributed by atoms with Crippen molar-refractivity contribution in [3.8, 4) is 23.0 Å². The molecule has 0 saturated carbocycles. The van der Waals surface area contributed by atoms with Crippen LogP contribution in [0.1, 0.15) is 54.2 Å². The zero-order valence-electron chi connectivity index (χ0n) is 25.3. The number of carbonyl (C=O) groups excluding carboxylic acids is 3. The average molecular weight is 626 g/mol. The molecule has 0 amide bonds. The van der Waals surface area contributed by atoms with Crippen LogP contribution in [0.2, 0.25) is 0 Å². The number of phenols is 2. The lowest BCUT2D eigenvalue weighted by Gasteiger charge is -2.36. The first-order valence-electron chi connectivity index (χ1n) is 14.7. The molecule has 0 bridgehead atoms. The van der Waals surface area contributed by atoms with Gasteiger partial charge in [-0.15, -0.1) is 0 Å². The molecule has 2 aliphatic rings. The molecule has 0 unspecified atom stereocenters. The monoisotopic (exact) mass is 625 g/mol. The standard InChI is InChI=1S/C37H27N3O7/c1-40(2)25-10-8-24(9-11-25)39-38-23-6-3-21(4-7-23)32(43)20-33(44)22-5-14-29-28(17-22)36(45)47-37(29)30-15-12-26(41)18-34(30)46-35-19-27(42)13-16-31(35)37/h3-19,41-42H,20H2,1-2H3. The fraction of sp³-hybridized carbons (Fsp3) is 0.108. The highest BCUT2D eigenvalue weighted by atomic mass is 16.6. The highest BCUT2D eigenvalue weighted by Gasteiger charge is 2.53. The van der Waals surface area contributed by atoms with E-state index in [9.17, 15) is 24.6 Å². The Kier molecular flexibility index (Phi) is 7.05. The van der Waals surface area contributed by atoms with E-state index in [1.54, 1.807) is 48.5 Å². The summed E-state index contributed by atoms with van der Waals surface area (Å²) in [6, 6.07) is 27.7. The second kappa shape index (κ2) is 11.3. The van der Waals surface area contributed by atoms with Gasteiger partial charge in [-0.1, -0.05) is 12.1 Å². The summed E-state index contributed by atoms with van der Waals surface area (Å²) in [7, 11) is 3.91. The van der Waals surface area contributed by atoms with Crippen LogP contribution in [0.25, 0.3) is 0 Å². The van der Waals surface area contributed by atoms with Crippen molar-refractivity contribution in [3.05, 3.63) is 137 Å². The van der Waals surface area contributed by atoms with Gasteiger partial charge in [0, 0.05) is 59.7 Å². The van der Waals surface area contributed by atoms with Crippen LogP contribution in [0, 0.1) is 0 Å².